The molecule has 0 spiro atoms. The molecule has 4 aromatic rings. The second-order valence-electron chi connectivity index (χ2n) is 8.30. The molecule has 6 nitrogen and oxygen atoms in total. The molecule has 6 heteroatoms. The summed E-state index contributed by atoms with van der Waals surface area (Å²) in [7, 11) is 3.10. The molecule has 38 heavy (non-hydrogen) atoms. The van der Waals surface area contributed by atoms with Crippen molar-refractivity contribution in [3.05, 3.63) is 120 Å². The van der Waals surface area contributed by atoms with E-state index in [4.69, 9.17) is 9.47 Å². The summed E-state index contributed by atoms with van der Waals surface area (Å²) >= 11 is 0. The lowest BCUT2D eigenvalue weighted by Crippen LogP contribution is -2.09. The number of amides is 2. The van der Waals surface area contributed by atoms with Gasteiger partial charge >= 0.3 is 0 Å². The molecule has 0 atom stereocenters. The average Bonchev–Trinajstić information content (AvgIpc) is 2.96. The molecule has 4 rings (SSSR count). The highest BCUT2D eigenvalue weighted by Gasteiger charge is 2.11. The zero-order valence-electron chi connectivity index (χ0n) is 21.2. The van der Waals surface area contributed by atoms with E-state index in [1.54, 1.807) is 38.5 Å². The molecule has 0 bridgehead atoms. The third kappa shape index (κ3) is 6.98. The van der Waals surface area contributed by atoms with Crippen molar-refractivity contribution >= 4 is 35.3 Å². The summed E-state index contributed by atoms with van der Waals surface area (Å²) < 4.78 is 11.1. The van der Waals surface area contributed by atoms with Crippen LogP contribution in [-0.2, 0) is 9.59 Å². The summed E-state index contributed by atoms with van der Waals surface area (Å²) in [6.45, 7) is 0. The van der Waals surface area contributed by atoms with E-state index >= 15 is 0 Å². The molecule has 0 aliphatic heterocycles. The van der Waals surface area contributed by atoms with E-state index in [1.807, 2.05) is 84.9 Å². The van der Waals surface area contributed by atoms with Gasteiger partial charge in [-0.15, -0.1) is 0 Å². The third-order valence-corrected chi connectivity index (χ3v) is 5.71. The molecule has 4 aromatic carbocycles. The third-order valence-electron chi connectivity index (χ3n) is 5.71. The molecule has 2 amide bonds. The van der Waals surface area contributed by atoms with Crippen LogP contribution in [0.4, 0.5) is 11.4 Å². The lowest BCUT2D eigenvalue weighted by atomic mass is 10.0. The Bertz CT molecular complexity index is 1350. The van der Waals surface area contributed by atoms with Crippen molar-refractivity contribution in [3.63, 3.8) is 0 Å². The Balaban J connectivity index is 1.47. The van der Waals surface area contributed by atoms with E-state index in [0.717, 1.165) is 22.3 Å². The highest BCUT2D eigenvalue weighted by atomic mass is 16.5. The van der Waals surface area contributed by atoms with Gasteiger partial charge in [0.25, 0.3) is 0 Å². The second-order valence-corrected chi connectivity index (χ2v) is 8.30. The molecular formula is C32H28N2O4. The van der Waals surface area contributed by atoms with Crippen molar-refractivity contribution in [2.24, 2.45) is 0 Å². The van der Waals surface area contributed by atoms with Gasteiger partial charge in [0, 0.05) is 12.2 Å². The number of rotatable bonds is 9. The van der Waals surface area contributed by atoms with Crippen LogP contribution in [0, 0.1) is 0 Å². The zero-order chi connectivity index (χ0) is 26.7. The number of hydrogen-bond donors (Lipinski definition) is 2. The van der Waals surface area contributed by atoms with E-state index in [1.165, 1.54) is 12.2 Å². The maximum absolute atomic E-state index is 12.4. The fraction of sp³-hybridized carbons (Fsp3) is 0.0625. The zero-order valence-corrected chi connectivity index (χ0v) is 21.2. The van der Waals surface area contributed by atoms with Crippen LogP contribution in [0.5, 0.6) is 11.5 Å². The number of ether oxygens (including phenoxy) is 2. The Morgan fingerprint density at radius 3 is 1.34 bits per heavy atom. The first-order valence-corrected chi connectivity index (χ1v) is 12.0. The minimum Gasteiger partial charge on any atom is -0.495 e. The Morgan fingerprint density at radius 1 is 0.579 bits per heavy atom. The van der Waals surface area contributed by atoms with Crippen LogP contribution in [-0.4, -0.2) is 26.0 Å². The first-order chi connectivity index (χ1) is 18.6. The van der Waals surface area contributed by atoms with Gasteiger partial charge in [-0.25, -0.2) is 0 Å². The van der Waals surface area contributed by atoms with E-state index in [-0.39, 0.29) is 11.8 Å². The summed E-state index contributed by atoms with van der Waals surface area (Å²) in [5.41, 5.74) is 4.70. The van der Waals surface area contributed by atoms with Gasteiger partial charge in [-0.2, -0.15) is 0 Å². The number of hydrogen-bond acceptors (Lipinski definition) is 4. The van der Waals surface area contributed by atoms with Crippen molar-refractivity contribution in [3.8, 4) is 22.6 Å². The SMILES string of the molecule is COc1cc(-c2ccc(NC(=O)C=Cc3ccccc3)c(OC)c2)ccc1NC(=O)C=Cc1ccccc1. The predicted octanol–water partition coefficient (Wildman–Crippen LogP) is 6.67. The smallest absolute Gasteiger partial charge is 0.248 e. The standard InChI is InChI=1S/C32H28N2O4/c1-37-29-21-25(15-17-27(29)33-31(35)19-13-23-9-5-3-6-10-23)26-16-18-28(30(22-26)38-2)34-32(36)20-14-24-11-7-4-8-12-24/h3-22H,1-2H3,(H,33,35)(H,34,36). The molecular weight excluding hydrogens is 476 g/mol. The molecule has 0 saturated carbocycles. The van der Waals surface area contributed by atoms with Crippen LogP contribution < -0.4 is 20.1 Å². The van der Waals surface area contributed by atoms with Gasteiger partial charge < -0.3 is 20.1 Å². The first kappa shape index (κ1) is 26.0. The van der Waals surface area contributed by atoms with Crippen LogP contribution in [0.15, 0.2) is 109 Å². The molecule has 0 saturated heterocycles. The largest absolute Gasteiger partial charge is 0.495 e. The topological polar surface area (TPSA) is 76.7 Å². The van der Waals surface area contributed by atoms with Crippen molar-refractivity contribution in [2.45, 2.75) is 0 Å². The fourth-order valence-corrected chi connectivity index (χ4v) is 3.77. The van der Waals surface area contributed by atoms with Crippen LogP contribution in [0.1, 0.15) is 11.1 Å². The van der Waals surface area contributed by atoms with E-state index < -0.39 is 0 Å². The number of benzene rings is 4. The molecule has 0 unspecified atom stereocenters. The van der Waals surface area contributed by atoms with E-state index in [9.17, 15) is 9.59 Å². The lowest BCUT2D eigenvalue weighted by molar-refractivity contribution is -0.112. The summed E-state index contributed by atoms with van der Waals surface area (Å²) in [5.74, 6) is 0.517. The molecule has 0 aliphatic carbocycles. The maximum atomic E-state index is 12.4. The van der Waals surface area contributed by atoms with Gasteiger partial charge in [0.05, 0.1) is 25.6 Å². The highest BCUT2D eigenvalue weighted by Crippen LogP contribution is 2.35. The van der Waals surface area contributed by atoms with Crippen molar-refractivity contribution in [1.29, 1.82) is 0 Å². The predicted molar refractivity (Wildman–Crippen MR) is 153 cm³/mol. The molecule has 0 radical (unpaired) electrons. The van der Waals surface area contributed by atoms with Gasteiger partial charge in [-0.1, -0.05) is 72.8 Å². The molecule has 0 aromatic heterocycles. The van der Waals surface area contributed by atoms with Gasteiger partial charge in [0.15, 0.2) is 0 Å². The van der Waals surface area contributed by atoms with Crippen LogP contribution >= 0.6 is 0 Å². The van der Waals surface area contributed by atoms with Gasteiger partial charge in [-0.3, -0.25) is 9.59 Å². The summed E-state index contributed by atoms with van der Waals surface area (Å²) in [4.78, 5) is 24.9. The molecule has 2 N–H and O–H groups in total. The minimum atomic E-state index is -0.261. The number of carbonyl (C=O) groups excluding carboxylic acids is 2. The van der Waals surface area contributed by atoms with Crippen molar-refractivity contribution < 1.29 is 19.1 Å². The van der Waals surface area contributed by atoms with Gasteiger partial charge in [-0.05, 0) is 58.7 Å². The molecule has 0 aliphatic rings. The van der Waals surface area contributed by atoms with E-state index in [2.05, 4.69) is 10.6 Å². The Morgan fingerprint density at radius 2 is 0.974 bits per heavy atom. The summed E-state index contributed by atoms with van der Waals surface area (Å²) in [6.07, 6.45) is 6.46. The van der Waals surface area contributed by atoms with Crippen molar-refractivity contribution in [1.82, 2.24) is 0 Å². The monoisotopic (exact) mass is 504 g/mol. The van der Waals surface area contributed by atoms with E-state index in [0.29, 0.717) is 22.9 Å². The minimum absolute atomic E-state index is 0.261. The Labute approximate surface area is 222 Å². The number of nitrogens with one attached hydrogen (secondary N) is 2. The van der Waals surface area contributed by atoms with Crippen LogP contribution in [0.25, 0.3) is 23.3 Å². The second kappa shape index (κ2) is 12.7. The number of methoxy groups -OCH3 is 2. The lowest BCUT2D eigenvalue weighted by Gasteiger charge is -2.14. The van der Waals surface area contributed by atoms with Gasteiger partial charge in [0.1, 0.15) is 11.5 Å². The molecule has 0 fully saturated rings. The normalized spacial score (nSPS) is 10.9. The number of carbonyl (C=O) groups is 2. The number of anilines is 2. The fourth-order valence-electron chi connectivity index (χ4n) is 3.77. The molecule has 190 valence electrons. The maximum Gasteiger partial charge on any atom is 0.248 e. The Hall–Kier alpha value is -5.10. The summed E-state index contributed by atoms with van der Waals surface area (Å²) in [6, 6.07) is 30.2. The Kier molecular flexibility index (Phi) is 8.71. The first-order valence-electron chi connectivity index (χ1n) is 12.0. The highest BCUT2D eigenvalue weighted by molar-refractivity contribution is 6.04. The van der Waals surface area contributed by atoms with Crippen LogP contribution in [0.2, 0.25) is 0 Å². The van der Waals surface area contributed by atoms with Crippen LogP contribution in [0.3, 0.4) is 0 Å². The quantitative estimate of drug-likeness (QED) is 0.250. The molecule has 0 heterocycles. The summed E-state index contributed by atoms with van der Waals surface area (Å²) in [5, 5.41) is 5.72. The van der Waals surface area contributed by atoms with Crippen molar-refractivity contribution in [2.75, 3.05) is 24.9 Å². The van der Waals surface area contributed by atoms with Gasteiger partial charge in [0.2, 0.25) is 11.8 Å². The average molecular weight is 505 g/mol.